The van der Waals surface area contributed by atoms with Crippen molar-refractivity contribution in [2.45, 2.75) is 41.5 Å². The van der Waals surface area contributed by atoms with Crippen LogP contribution in [0.3, 0.4) is 0 Å². The highest BCUT2D eigenvalue weighted by atomic mass is 32.1. The van der Waals surface area contributed by atoms with Gasteiger partial charge in [0, 0.05) is 19.5 Å². The van der Waals surface area contributed by atoms with E-state index in [0.717, 1.165) is 21.5 Å². The maximum Gasteiger partial charge on any atom is 0.170 e. The van der Waals surface area contributed by atoms with Gasteiger partial charge in [-0.05, 0) is 38.1 Å². The van der Waals surface area contributed by atoms with Crippen LogP contribution in [0.1, 0.15) is 37.4 Å². The van der Waals surface area contributed by atoms with Crippen LogP contribution in [0.15, 0.2) is 24.3 Å². The van der Waals surface area contributed by atoms with Crippen molar-refractivity contribution in [1.82, 2.24) is 8.75 Å². The molecule has 0 spiro atoms. The number of rotatable bonds is 2. The van der Waals surface area contributed by atoms with Crippen LogP contribution in [0.5, 0.6) is 0 Å². The minimum Gasteiger partial charge on any atom is -0.203 e. The zero-order valence-corrected chi connectivity index (χ0v) is 18.6. The minimum absolute atomic E-state index is 0.210. The zero-order chi connectivity index (χ0) is 20.1. The third kappa shape index (κ3) is 4.10. The molecule has 0 unspecified atom stereocenters. The fraction of sp³-hybridized carbons (Fsp3) is 0.300. The van der Waals surface area contributed by atoms with Crippen molar-refractivity contribution in [2.75, 3.05) is 0 Å². The number of hydrogen-bond donors (Lipinski definition) is 0. The summed E-state index contributed by atoms with van der Waals surface area (Å²) in [6, 6.07) is 7.37. The van der Waals surface area contributed by atoms with Crippen molar-refractivity contribution < 1.29 is 8.78 Å². The summed E-state index contributed by atoms with van der Waals surface area (Å²) in [6.45, 7) is 11.9. The van der Waals surface area contributed by atoms with E-state index in [1.54, 1.807) is 12.1 Å². The number of fused-ring (bicyclic) bond motifs is 1. The van der Waals surface area contributed by atoms with Gasteiger partial charge in [0.2, 0.25) is 0 Å². The van der Waals surface area contributed by atoms with Crippen LogP contribution in [-0.2, 0) is 0 Å². The molecule has 3 aromatic heterocycles. The second-order valence-corrected chi connectivity index (χ2v) is 8.26. The molecule has 27 heavy (non-hydrogen) atoms. The van der Waals surface area contributed by atoms with Gasteiger partial charge in [0.25, 0.3) is 0 Å². The molecular weight excluding hydrogens is 402 g/mol. The van der Waals surface area contributed by atoms with E-state index in [0.29, 0.717) is 20.8 Å². The Hall–Kier alpha value is -1.70. The lowest BCUT2D eigenvalue weighted by Gasteiger charge is -2.08. The molecule has 0 radical (unpaired) electrons. The molecule has 0 aliphatic heterocycles. The molecule has 4 rings (SSSR count). The number of aromatic nitrogens is 2. The number of nitrogens with zero attached hydrogens (tertiary/aromatic N) is 2. The van der Waals surface area contributed by atoms with E-state index < -0.39 is 11.6 Å². The van der Waals surface area contributed by atoms with Crippen LogP contribution >= 0.6 is 34.4 Å². The summed E-state index contributed by atoms with van der Waals surface area (Å²) in [5.74, 6) is -1.71. The summed E-state index contributed by atoms with van der Waals surface area (Å²) in [6.07, 6.45) is 0. The molecule has 0 saturated carbocycles. The molecule has 3 heterocycles. The molecule has 144 valence electrons. The number of hydrogen-bond acceptors (Lipinski definition) is 5. The van der Waals surface area contributed by atoms with E-state index in [9.17, 15) is 8.78 Å². The Kier molecular flexibility index (Phi) is 7.59. The van der Waals surface area contributed by atoms with Crippen LogP contribution in [-0.4, -0.2) is 8.75 Å². The molecule has 0 N–H and O–H groups in total. The highest BCUT2D eigenvalue weighted by Crippen LogP contribution is 2.42. The van der Waals surface area contributed by atoms with Gasteiger partial charge in [-0.1, -0.05) is 27.7 Å². The van der Waals surface area contributed by atoms with Gasteiger partial charge in [0.15, 0.2) is 11.6 Å². The Bertz CT molecular complexity index is 951. The van der Waals surface area contributed by atoms with Crippen LogP contribution in [0.2, 0.25) is 0 Å². The lowest BCUT2D eigenvalue weighted by Crippen LogP contribution is -1.95. The summed E-state index contributed by atoms with van der Waals surface area (Å²) in [4.78, 5) is 3.42. The van der Waals surface area contributed by atoms with Crippen LogP contribution < -0.4 is 0 Å². The summed E-state index contributed by atoms with van der Waals surface area (Å²) >= 11 is 3.82. The third-order valence-corrected chi connectivity index (χ3v) is 6.13. The molecule has 0 fully saturated rings. The minimum atomic E-state index is -0.854. The Morgan fingerprint density at radius 3 is 1.33 bits per heavy atom. The molecule has 2 nitrogen and oxygen atoms in total. The summed E-state index contributed by atoms with van der Waals surface area (Å²) in [5, 5.41) is 0. The van der Waals surface area contributed by atoms with Gasteiger partial charge in [0.05, 0.1) is 22.9 Å². The van der Waals surface area contributed by atoms with Crippen molar-refractivity contribution in [3.05, 3.63) is 45.7 Å². The molecule has 4 aromatic rings. The van der Waals surface area contributed by atoms with Gasteiger partial charge in [0.1, 0.15) is 11.0 Å². The highest BCUT2D eigenvalue weighted by molar-refractivity contribution is 7.16. The quantitative estimate of drug-likeness (QED) is 0.325. The Morgan fingerprint density at radius 2 is 1.04 bits per heavy atom. The first-order chi connectivity index (χ1) is 13.1. The fourth-order valence-electron chi connectivity index (χ4n) is 2.53. The largest absolute Gasteiger partial charge is 0.203 e. The molecule has 0 aliphatic rings. The van der Waals surface area contributed by atoms with E-state index in [4.69, 9.17) is 0 Å². The second kappa shape index (κ2) is 9.48. The highest BCUT2D eigenvalue weighted by Gasteiger charge is 2.26. The van der Waals surface area contributed by atoms with E-state index in [-0.39, 0.29) is 11.1 Å². The van der Waals surface area contributed by atoms with E-state index in [1.165, 1.54) is 22.7 Å². The lowest BCUT2D eigenvalue weighted by atomic mass is 10.0. The fourth-order valence-corrected chi connectivity index (χ4v) is 4.91. The van der Waals surface area contributed by atoms with Crippen molar-refractivity contribution in [2.24, 2.45) is 0 Å². The van der Waals surface area contributed by atoms with E-state index in [2.05, 4.69) is 8.75 Å². The maximum absolute atomic E-state index is 14.8. The third-order valence-electron chi connectivity index (χ3n) is 3.57. The Labute approximate surface area is 170 Å². The Morgan fingerprint density at radius 1 is 0.667 bits per heavy atom. The first-order valence-corrected chi connectivity index (χ1v) is 11.2. The lowest BCUT2D eigenvalue weighted by molar-refractivity contribution is 0.516. The van der Waals surface area contributed by atoms with Gasteiger partial charge in [-0.15, -0.1) is 22.7 Å². The Balaban J connectivity index is 0.000000614. The van der Waals surface area contributed by atoms with Crippen LogP contribution in [0.4, 0.5) is 8.78 Å². The molecule has 7 heteroatoms. The van der Waals surface area contributed by atoms with Gasteiger partial charge in [-0.3, -0.25) is 0 Å². The molecule has 0 amide bonds. The molecule has 0 atom stereocenters. The van der Waals surface area contributed by atoms with Crippen molar-refractivity contribution in [3.8, 4) is 20.9 Å². The van der Waals surface area contributed by atoms with Gasteiger partial charge >= 0.3 is 0 Å². The van der Waals surface area contributed by atoms with Crippen LogP contribution in [0.25, 0.3) is 31.9 Å². The number of aryl methyl sites for hydroxylation is 2. The molecular formula is C20H22F2N2S3. The summed E-state index contributed by atoms with van der Waals surface area (Å²) < 4.78 is 38.1. The van der Waals surface area contributed by atoms with E-state index >= 15 is 0 Å². The SMILES string of the molecule is CC.CC.Cc1ccc(-c2c(F)c(F)c(-c3ccc(C)s3)c3nsnc23)s1. The van der Waals surface area contributed by atoms with Crippen molar-refractivity contribution >= 4 is 45.4 Å². The number of thiophene rings is 2. The van der Waals surface area contributed by atoms with Gasteiger partial charge < -0.3 is 0 Å². The average molecular weight is 425 g/mol. The van der Waals surface area contributed by atoms with Gasteiger partial charge in [-0.2, -0.15) is 8.75 Å². The first kappa shape index (κ1) is 21.6. The topological polar surface area (TPSA) is 25.8 Å². The zero-order valence-electron chi connectivity index (χ0n) is 16.2. The molecule has 0 saturated heterocycles. The number of benzene rings is 1. The van der Waals surface area contributed by atoms with E-state index in [1.807, 2.05) is 53.7 Å². The maximum atomic E-state index is 14.8. The summed E-state index contributed by atoms with van der Waals surface area (Å²) in [5.41, 5.74) is 1.27. The second-order valence-electron chi connectivity index (χ2n) is 5.16. The monoisotopic (exact) mass is 424 g/mol. The molecule has 0 bridgehead atoms. The first-order valence-electron chi connectivity index (χ1n) is 8.83. The normalized spacial score (nSPS) is 10.2. The average Bonchev–Trinajstić information content (AvgIpc) is 3.42. The standard InChI is InChI=1S/C16H10F2N2S3.2C2H6/c1-7-3-5-9(21-7)11-13(17)14(18)12(10-6-4-8(2)22-10)16-15(11)19-23-20-16;2*1-2/h3-6H,1-2H3;2*1-2H3. The molecule has 1 aromatic carbocycles. The van der Waals surface area contributed by atoms with Crippen LogP contribution in [0, 0.1) is 25.5 Å². The molecule has 0 aliphatic carbocycles. The number of halogens is 2. The van der Waals surface area contributed by atoms with Crippen molar-refractivity contribution in [1.29, 1.82) is 0 Å². The van der Waals surface area contributed by atoms with Crippen molar-refractivity contribution in [3.63, 3.8) is 0 Å². The predicted molar refractivity (Wildman–Crippen MR) is 116 cm³/mol. The summed E-state index contributed by atoms with van der Waals surface area (Å²) in [7, 11) is 0. The smallest absolute Gasteiger partial charge is 0.170 e. The predicted octanol–water partition coefficient (Wildman–Crippen LogP) is 8.10. The van der Waals surface area contributed by atoms with Gasteiger partial charge in [-0.25, -0.2) is 8.78 Å².